The number of nitrogens with one attached hydrogen (secondary N) is 2. The Bertz CT molecular complexity index is 853. The number of aldehydes is 1. The van der Waals surface area contributed by atoms with E-state index in [0.29, 0.717) is 42.7 Å². The Labute approximate surface area is 157 Å². The normalized spacial score (nSPS) is 15.3. The molecular formula is C20H22N4O3. The van der Waals surface area contributed by atoms with Gasteiger partial charge in [0.05, 0.1) is 11.1 Å². The molecule has 0 spiro atoms. The van der Waals surface area contributed by atoms with Crippen LogP contribution in [-0.2, 0) is 4.79 Å². The Morgan fingerprint density at radius 2 is 1.81 bits per heavy atom. The molecular weight excluding hydrogens is 344 g/mol. The van der Waals surface area contributed by atoms with Crippen LogP contribution in [0.15, 0.2) is 48.5 Å². The monoisotopic (exact) mass is 366 g/mol. The Hall–Kier alpha value is -3.35. The van der Waals surface area contributed by atoms with Gasteiger partial charge in [0.25, 0.3) is 11.8 Å². The number of benzene rings is 2. The molecule has 4 N–H and O–H groups in total. The van der Waals surface area contributed by atoms with Crippen molar-refractivity contribution in [3.05, 3.63) is 59.7 Å². The number of hydrogen-bond donors (Lipinski definition) is 3. The van der Waals surface area contributed by atoms with Crippen molar-refractivity contribution in [3.8, 4) is 0 Å². The van der Waals surface area contributed by atoms with Crippen molar-refractivity contribution in [2.45, 2.75) is 19.0 Å². The summed E-state index contributed by atoms with van der Waals surface area (Å²) >= 11 is 0. The summed E-state index contributed by atoms with van der Waals surface area (Å²) in [5.74, 6) is -0.633. The second-order valence-electron chi connectivity index (χ2n) is 6.33. The van der Waals surface area contributed by atoms with Crippen LogP contribution in [-0.4, -0.2) is 37.4 Å². The topological polar surface area (TPSA) is 105 Å². The van der Waals surface area contributed by atoms with E-state index in [2.05, 4.69) is 10.6 Å². The van der Waals surface area contributed by atoms with Crippen LogP contribution in [0.25, 0.3) is 0 Å². The van der Waals surface area contributed by atoms with Gasteiger partial charge in [-0.1, -0.05) is 24.3 Å². The summed E-state index contributed by atoms with van der Waals surface area (Å²) in [6.45, 7) is 1.00. The number of carbonyl (C=O) groups is 3. The molecule has 3 rings (SSSR count). The first-order valence-corrected chi connectivity index (χ1v) is 8.84. The van der Waals surface area contributed by atoms with E-state index in [4.69, 9.17) is 5.73 Å². The molecule has 2 aromatic carbocycles. The van der Waals surface area contributed by atoms with Crippen molar-refractivity contribution < 1.29 is 14.4 Å². The summed E-state index contributed by atoms with van der Waals surface area (Å²) in [7, 11) is 0. The molecule has 0 bridgehead atoms. The molecule has 0 saturated carbocycles. The number of amides is 2. The Kier molecular flexibility index (Phi) is 5.71. The van der Waals surface area contributed by atoms with Gasteiger partial charge in [-0.2, -0.15) is 0 Å². The molecule has 1 aliphatic rings. The smallest absolute Gasteiger partial charge is 0.254 e. The van der Waals surface area contributed by atoms with E-state index in [-0.39, 0.29) is 12.1 Å². The van der Waals surface area contributed by atoms with Crippen LogP contribution in [0.1, 0.15) is 33.6 Å². The van der Waals surface area contributed by atoms with Gasteiger partial charge >= 0.3 is 0 Å². The zero-order valence-corrected chi connectivity index (χ0v) is 14.9. The van der Waals surface area contributed by atoms with Crippen molar-refractivity contribution in [1.29, 1.82) is 0 Å². The molecule has 0 aliphatic carbocycles. The van der Waals surface area contributed by atoms with E-state index in [1.165, 1.54) is 0 Å². The lowest BCUT2D eigenvalue weighted by Gasteiger charge is -2.31. The molecule has 0 aromatic heterocycles. The first kappa shape index (κ1) is 18.4. The highest BCUT2D eigenvalue weighted by Gasteiger charge is 2.24. The lowest BCUT2D eigenvalue weighted by atomic mass is 10.1. The van der Waals surface area contributed by atoms with Crippen LogP contribution in [0.3, 0.4) is 0 Å². The molecule has 0 saturated heterocycles. The number of para-hydroxylation sites is 2. The predicted molar refractivity (Wildman–Crippen MR) is 104 cm³/mol. The number of carbonyl (C=O) groups excluding carboxylic acids is 3. The number of nitrogens with zero attached hydrogens (tertiary/aromatic N) is 1. The lowest BCUT2D eigenvalue weighted by Crippen LogP contribution is -2.46. The number of nitrogens with two attached hydrogens (primary N) is 1. The highest BCUT2D eigenvalue weighted by molar-refractivity contribution is 6.01. The molecule has 1 aliphatic heterocycles. The quantitative estimate of drug-likeness (QED) is 0.618. The van der Waals surface area contributed by atoms with Crippen molar-refractivity contribution in [2.75, 3.05) is 23.3 Å². The van der Waals surface area contributed by atoms with E-state index < -0.39 is 5.91 Å². The van der Waals surface area contributed by atoms with E-state index >= 15 is 0 Å². The van der Waals surface area contributed by atoms with Crippen molar-refractivity contribution in [2.24, 2.45) is 5.73 Å². The van der Waals surface area contributed by atoms with Crippen LogP contribution in [0.5, 0.6) is 0 Å². The van der Waals surface area contributed by atoms with Crippen molar-refractivity contribution in [3.63, 3.8) is 0 Å². The molecule has 140 valence electrons. The third-order valence-corrected chi connectivity index (χ3v) is 4.52. The summed E-state index contributed by atoms with van der Waals surface area (Å²) in [6.07, 6.45) is 1.52. The predicted octanol–water partition coefficient (Wildman–Crippen LogP) is 1.75. The SMILES string of the molecule is NC(=O)c1ccccc1N(CCC=O)CCC1NC(=O)c2ccccc2N1. The Morgan fingerprint density at radius 3 is 2.59 bits per heavy atom. The number of fused-ring (bicyclic) bond motifs is 1. The van der Waals surface area contributed by atoms with Gasteiger partial charge in [0.15, 0.2) is 0 Å². The average molecular weight is 366 g/mol. The minimum Gasteiger partial charge on any atom is -0.370 e. The van der Waals surface area contributed by atoms with Crippen LogP contribution in [0.2, 0.25) is 0 Å². The number of hydrogen-bond acceptors (Lipinski definition) is 5. The second kappa shape index (κ2) is 8.35. The first-order valence-electron chi connectivity index (χ1n) is 8.84. The van der Waals surface area contributed by atoms with Gasteiger partial charge in [-0.05, 0) is 24.3 Å². The van der Waals surface area contributed by atoms with Gasteiger partial charge in [-0.25, -0.2) is 0 Å². The summed E-state index contributed by atoms with van der Waals surface area (Å²) < 4.78 is 0. The fourth-order valence-electron chi connectivity index (χ4n) is 3.22. The van der Waals surface area contributed by atoms with Crippen molar-refractivity contribution in [1.82, 2.24) is 5.32 Å². The maximum Gasteiger partial charge on any atom is 0.254 e. The van der Waals surface area contributed by atoms with Gasteiger partial charge in [0, 0.05) is 37.3 Å². The first-order chi connectivity index (χ1) is 13.1. The zero-order chi connectivity index (χ0) is 19.2. The van der Waals surface area contributed by atoms with E-state index in [1.807, 2.05) is 35.2 Å². The van der Waals surface area contributed by atoms with E-state index in [0.717, 1.165) is 12.0 Å². The van der Waals surface area contributed by atoms with Crippen LogP contribution < -0.4 is 21.3 Å². The zero-order valence-electron chi connectivity index (χ0n) is 14.9. The standard InChI is InChI=1S/C20H22N4O3/c21-19(26)15-7-2-4-9-17(15)24(11-5-13-25)12-10-18-22-16-8-3-1-6-14(16)20(27)23-18/h1-4,6-9,13,18,22H,5,10-12H2,(H2,21,26)(H,23,27). The summed E-state index contributed by atoms with van der Waals surface area (Å²) in [5.41, 5.74) is 8.00. The molecule has 7 heteroatoms. The maximum atomic E-state index is 12.3. The van der Waals surface area contributed by atoms with Gasteiger partial charge in [0.1, 0.15) is 12.5 Å². The van der Waals surface area contributed by atoms with E-state index in [9.17, 15) is 14.4 Å². The minimum atomic E-state index is -0.514. The van der Waals surface area contributed by atoms with Gasteiger partial charge < -0.3 is 26.1 Å². The summed E-state index contributed by atoms with van der Waals surface area (Å²) in [6, 6.07) is 14.4. The third kappa shape index (κ3) is 4.25. The minimum absolute atomic E-state index is 0.119. The van der Waals surface area contributed by atoms with E-state index in [1.54, 1.807) is 18.2 Å². The van der Waals surface area contributed by atoms with Gasteiger partial charge in [-0.15, -0.1) is 0 Å². The fourth-order valence-corrected chi connectivity index (χ4v) is 3.22. The van der Waals surface area contributed by atoms with Crippen LogP contribution in [0, 0.1) is 0 Å². The van der Waals surface area contributed by atoms with Gasteiger partial charge in [0.2, 0.25) is 0 Å². The Balaban J connectivity index is 1.74. The molecule has 1 atom stereocenters. The summed E-state index contributed by atoms with van der Waals surface area (Å²) in [4.78, 5) is 36.8. The maximum absolute atomic E-state index is 12.3. The number of anilines is 2. The van der Waals surface area contributed by atoms with Crippen LogP contribution in [0.4, 0.5) is 11.4 Å². The largest absolute Gasteiger partial charge is 0.370 e. The molecule has 1 unspecified atom stereocenters. The molecule has 2 amide bonds. The molecule has 0 radical (unpaired) electrons. The fraction of sp³-hybridized carbons (Fsp3) is 0.250. The summed E-state index contributed by atoms with van der Waals surface area (Å²) in [5, 5.41) is 6.24. The highest BCUT2D eigenvalue weighted by Crippen LogP contribution is 2.23. The lowest BCUT2D eigenvalue weighted by molar-refractivity contribution is -0.107. The number of rotatable bonds is 8. The molecule has 2 aromatic rings. The van der Waals surface area contributed by atoms with Gasteiger partial charge in [-0.3, -0.25) is 9.59 Å². The Morgan fingerprint density at radius 1 is 1.07 bits per heavy atom. The van der Waals surface area contributed by atoms with Crippen molar-refractivity contribution >= 4 is 29.5 Å². The van der Waals surface area contributed by atoms with Crippen LogP contribution >= 0.6 is 0 Å². The highest BCUT2D eigenvalue weighted by atomic mass is 16.2. The molecule has 7 nitrogen and oxygen atoms in total. The second-order valence-corrected chi connectivity index (χ2v) is 6.33. The molecule has 27 heavy (non-hydrogen) atoms. The molecule has 1 heterocycles. The molecule has 0 fully saturated rings. The number of primary amides is 1. The average Bonchev–Trinajstić information content (AvgIpc) is 2.68. The third-order valence-electron chi connectivity index (χ3n) is 4.52.